The number of carbonyl (C=O) groups excluding carboxylic acids is 1. The Labute approximate surface area is 93.2 Å². The maximum atomic E-state index is 10.6. The molecule has 0 aliphatic heterocycles. The van der Waals surface area contributed by atoms with E-state index < -0.39 is 12.0 Å². The molecule has 1 atom stereocenters. The van der Waals surface area contributed by atoms with Crippen molar-refractivity contribution in [1.82, 2.24) is 5.32 Å². The monoisotopic (exact) mass is 235 g/mol. The number of unbranched alkanes of at least 4 members (excludes halogenated alkanes) is 1. The molecular weight excluding hydrogens is 218 g/mol. The first-order chi connectivity index (χ1) is 7.22. The summed E-state index contributed by atoms with van der Waals surface area (Å²) < 4.78 is 0. The Balaban J connectivity index is 3.45. The molecule has 0 aliphatic rings. The molecule has 0 aromatic rings. The van der Waals surface area contributed by atoms with Gasteiger partial charge in [0.05, 0.1) is 0 Å². The Kier molecular flexibility index (Phi) is 9.30. The molecule has 5 nitrogen and oxygen atoms in total. The lowest BCUT2D eigenvalue weighted by atomic mass is 10.2. The van der Waals surface area contributed by atoms with Crippen LogP contribution in [-0.2, 0) is 9.59 Å². The fraction of sp³-hybridized carbons (Fsp3) is 0.778. The SMILES string of the molecule is O=CNC(CCSCCCCO)C(=O)O. The van der Waals surface area contributed by atoms with Crippen molar-refractivity contribution >= 4 is 24.1 Å². The molecule has 0 saturated heterocycles. The van der Waals surface area contributed by atoms with E-state index in [0.717, 1.165) is 18.6 Å². The van der Waals surface area contributed by atoms with Gasteiger partial charge in [0.25, 0.3) is 0 Å². The molecule has 1 amide bonds. The van der Waals surface area contributed by atoms with Crippen molar-refractivity contribution in [3.05, 3.63) is 0 Å². The Bertz CT molecular complexity index is 189. The van der Waals surface area contributed by atoms with Crippen LogP contribution in [0.3, 0.4) is 0 Å². The summed E-state index contributed by atoms with van der Waals surface area (Å²) in [6.45, 7) is 0.199. The zero-order chi connectivity index (χ0) is 11.5. The average Bonchev–Trinajstić information content (AvgIpc) is 2.21. The number of aliphatic carboxylic acids is 1. The van der Waals surface area contributed by atoms with Crippen molar-refractivity contribution in [3.8, 4) is 0 Å². The lowest BCUT2D eigenvalue weighted by molar-refractivity contribution is -0.140. The number of hydrogen-bond donors (Lipinski definition) is 3. The minimum absolute atomic E-state index is 0.199. The van der Waals surface area contributed by atoms with E-state index in [-0.39, 0.29) is 6.61 Å². The van der Waals surface area contributed by atoms with Crippen LogP contribution in [0.2, 0.25) is 0 Å². The molecule has 1 unspecified atom stereocenters. The maximum absolute atomic E-state index is 10.6. The van der Waals surface area contributed by atoms with Gasteiger partial charge >= 0.3 is 5.97 Å². The molecule has 0 aromatic heterocycles. The third-order valence-electron chi connectivity index (χ3n) is 1.81. The molecule has 0 spiro atoms. The Morgan fingerprint density at radius 2 is 2.13 bits per heavy atom. The van der Waals surface area contributed by atoms with E-state index in [1.807, 2.05) is 0 Å². The van der Waals surface area contributed by atoms with Crippen molar-refractivity contribution in [1.29, 1.82) is 0 Å². The van der Waals surface area contributed by atoms with E-state index in [9.17, 15) is 9.59 Å². The van der Waals surface area contributed by atoms with Crippen molar-refractivity contribution in [3.63, 3.8) is 0 Å². The summed E-state index contributed by atoms with van der Waals surface area (Å²) in [5, 5.41) is 19.5. The largest absolute Gasteiger partial charge is 0.480 e. The van der Waals surface area contributed by atoms with Gasteiger partial charge in [0.15, 0.2) is 0 Å². The van der Waals surface area contributed by atoms with Gasteiger partial charge in [0.1, 0.15) is 6.04 Å². The van der Waals surface area contributed by atoms with Gasteiger partial charge in [-0.15, -0.1) is 0 Å². The number of nitrogens with one attached hydrogen (secondary N) is 1. The first-order valence-electron chi connectivity index (χ1n) is 4.83. The number of hydrogen-bond acceptors (Lipinski definition) is 4. The highest BCUT2D eigenvalue weighted by atomic mass is 32.2. The highest BCUT2D eigenvalue weighted by Gasteiger charge is 2.14. The van der Waals surface area contributed by atoms with Crippen LogP contribution >= 0.6 is 11.8 Å². The molecule has 0 aromatic carbocycles. The van der Waals surface area contributed by atoms with Crippen LogP contribution in [0.4, 0.5) is 0 Å². The number of carboxylic acids is 1. The first-order valence-corrected chi connectivity index (χ1v) is 5.99. The van der Waals surface area contributed by atoms with Crippen molar-refractivity contribution in [2.24, 2.45) is 0 Å². The van der Waals surface area contributed by atoms with Crippen LogP contribution < -0.4 is 5.32 Å². The molecule has 88 valence electrons. The molecule has 3 N–H and O–H groups in total. The zero-order valence-electron chi connectivity index (χ0n) is 8.52. The summed E-state index contributed by atoms with van der Waals surface area (Å²) in [7, 11) is 0. The third kappa shape index (κ3) is 8.26. The molecule has 6 heteroatoms. The standard InChI is InChI=1S/C9H17NO4S/c11-4-1-2-5-15-6-3-8(9(13)14)10-7-12/h7-8,11H,1-6H2,(H,10,12)(H,13,14). The molecule has 0 saturated carbocycles. The molecule has 0 radical (unpaired) electrons. The van der Waals surface area contributed by atoms with Crippen LogP contribution in [0, 0.1) is 0 Å². The number of rotatable bonds is 10. The molecule has 15 heavy (non-hydrogen) atoms. The van der Waals surface area contributed by atoms with Gasteiger partial charge in [-0.1, -0.05) is 0 Å². The Morgan fingerprint density at radius 3 is 2.67 bits per heavy atom. The number of carboxylic acid groups (broad SMARTS) is 1. The fourth-order valence-electron chi connectivity index (χ4n) is 0.979. The number of thioether (sulfide) groups is 1. The van der Waals surface area contributed by atoms with Crippen LogP contribution in [0.25, 0.3) is 0 Å². The number of aliphatic hydroxyl groups is 1. The zero-order valence-corrected chi connectivity index (χ0v) is 9.33. The van der Waals surface area contributed by atoms with E-state index in [1.54, 1.807) is 11.8 Å². The van der Waals surface area contributed by atoms with E-state index >= 15 is 0 Å². The summed E-state index contributed by atoms with van der Waals surface area (Å²) in [5.74, 6) is 0.607. The van der Waals surface area contributed by atoms with Crippen LogP contribution in [-0.4, -0.2) is 46.7 Å². The fourth-order valence-corrected chi connectivity index (χ4v) is 1.99. The summed E-state index contributed by atoms with van der Waals surface area (Å²) in [5.41, 5.74) is 0. The third-order valence-corrected chi connectivity index (χ3v) is 2.92. The van der Waals surface area contributed by atoms with Gasteiger partial charge < -0.3 is 15.5 Å². The lowest BCUT2D eigenvalue weighted by Crippen LogP contribution is -2.36. The minimum Gasteiger partial charge on any atom is -0.480 e. The molecule has 0 heterocycles. The second kappa shape index (κ2) is 9.79. The van der Waals surface area contributed by atoms with Gasteiger partial charge in [0.2, 0.25) is 6.41 Å². The van der Waals surface area contributed by atoms with Gasteiger partial charge in [-0.05, 0) is 30.8 Å². The number of carbonyl (C=O) groups is 2. The Hall–Kier alpha value is -0.750. The van der Waals surface area contributed by atoms with E-state index in [0.29, 0.717) is 18.6 Å². The van der Waals surface area contributed by atoms with Crippen LogP contribution in [0.15, 0.2) is 0 Å². The van der Waals surface area contributed by atoms with Crippen molar-refractivity contribution in [2.75, 3.05) is 18.1 Å². The number of amides is 1. The molecular formula is C9H17NO4S. The summed E-state index contributed by atoms with van der Waals surface area (Å²) in [6, 6.07) is -0.784. The van der Waals surface area contributed by atoms with E-state index in [1.165, 1.54) is 0 Å². The normalized spacial score (nSPS) is 12.1. The van der Waals surface area contributed by atoms with Gasteiger partial charge in [-0.25, -0.2) is 4.79 Å². The van der Waals surface area contributed by atoms with Crippen LogP contribution in [0.1, 0.15) is 19.3 Å². The van der Waals surface area contributed by atoms with Crippen LogP contribution in [0.5, 0.6) is 0 Å². The predicted molar refractivity (Wildman–Crippen MR) is 58.9 cm³/mol. The summed E-state index contributed by atoms with van der Waals surface area (Å²) >= 11 is 1.63. The summed E-state index contributed by atoms with van der Waals surface area (Å²) in [4.78, 5) is 20.7. The maximum Gasteiger partial charge on any atom is 0.326 e. The first kappa shape index (κ1) is 14.2. The molecule has 0 aliphatic carbocycles. The minimum atomic E-state index is -1.00. The van der Waals surface area contributed by atoms with E-state index in [2.05, 4.69) is 5.32 Å². The van der Waals surface area contributed by atoms with Gasteiger partial charge in [-0.3, -0.25) is 4.79 Å². The van der Waals surface area contributed by atoms with Crippen molar-refractivity contribution < 1.29 is 19.8 Å². The molecule has 0 rings (SSSR count). The highest BCUT2D eigenvalue weighted by molar-refractivity contribution is 7.99. The second-order valence-corrected chi connectivity index (χ2v) is 4.23. The topological polar surface area (TPSA) is 86.6 Å². The quantitative estimate of drug-likeness (QED) is 0.369. The number of aliphatic hydroxyl groups excluding tert-OH is 1. The smallest absolute Gasteiger partial charge is 0.326 e. The van der Waals surface area contributed by atoms with Gasteiger partial charge in [0, 0.05) is 6.61 Å². The molecule has 0 fully saturated rings. The Morgan fingerprint density at radius 1 is 1.40 bits per heavy atom. The predicted octanol–water partition coefficient (Wildman–Crippen LogP) is 0.0814. The molecule has 0 bridgehead atoms. The van der Waals surface area contributed by atoms with E-state index in [4.69, 9.17) is 10.2 Å². The second-order valence-electron chi connectivity index (χ2n) is 3.01. The van der Waals surface area contributed by atoms with Crippen molar-refractivity contribution in [2.45, 2.75) is 25.3 Å². The highest BCUT2D eigenvalue weighted by Crippen LogP contribution is 2.07. The summed E-state index contributed by atoms with van der Waals surface area (Å²) in [6.07, 6.45) is 2.55. The lowest BCUT2D eigenvalue weighted by Gasteiger charge is -2.10. The van der Waals surface area contributed by atoms with Gasteiger partial charge in [-0.2, -0.15) is 11.8 Å². The average molecular weight is 235 g/mol.